The van der Waals surface area contributed by atoms with Crippen molar-refractivity contribution in [3.8, 4) is 16.8 Å². The first kappa shape index (κ1) is 21.2. The fourth-order valence-electron chi connectivity index (χ4n) is 4.50. The van der Waals surface area contributed by atoms with Gasteiger partial charge in [-0.15, -0.1) is 0 Å². The van der Waals surface area contributed by atoms with E-state index < -0.39 is 23.1 Å². The second kappa shape index (κ2) is 7.59. The molecule has 0 amide bonds. The highest BCUT2D eigenvalue weighted by Gasteiger charge is 2.34. The summed E-state index contributed by atoms with van der Waals surface area (Å²) >= 11 is 0. The van der Waals surface area contributed by atoms with Gasteiger partial charge in [0.1, 0.15) is 5.82 Å². The lowest BCUT2D eigenvalue weighted by Gasteiger charge is -2.15. The van der Waals surface area contributed by atoms with E-state index in [9.17, 15) is 22.4 Å². The van der Waals surface area contributed by atoms with E-state index in [0.29, 0.717) is 34.4 Å². The first-order valence-electron chi connectivity index (χ1n) is 10.7. The normalized spacial score (nSPS) is 13.0. The topological polar surface area (TPSA) is 47.2 Å². The molecule has 0 radical (unpaired) electrons. The van der Waals surface area contributed by atoms with E-state index >= 15 is 0 Å². The number of halogens is 4. The number of nitrogens with zero attached hydrogens (tertiary/aromatic N) is 3. The average molecular weight is 473 g/mol. The average Bonchev–Trinajstić information content (AvgIpc) is 3.31. The Kier molecular flexibility index (Phi) is 4.60. The lowest BCUT2D eigenvalue weighted by Crippen LogP contribution is -2.19. The second-order valence-electron chi connectivity index (χ2n) is 8.35. The standard InChI is InChI=1S/C27H15F4N3O/c28-23-6-5-20(11-22(23)27(29,30)31)34-25(35)8-4-18-14-33-24-7-3-16(10-21(24)26(18)34)15-1-2-17-12-32-13-19(17)9-15/h1-11,13-14H,12H2. The van der Waals surface area contributed by atoms with Crippen LogP contribution in [0.4, 0.5) is 17.6 Å². The number of pyridine rings is 2. The fraction of sp³-hybridized carbons (Fsp3) is 0.0741. The van der Waals surface area contributed by atoms with Gasteiger partial charge in [-0.05, 0) is 64.7 Å². The Morgan fingerprint density at radius 1 is 0.886 bits per heavy atom. The molecule has 2 aromatic heterocycles. The molecule has 0 N–H and O–H groups in total. The van der Waals surface area contributed by atoms with E-state index in [1.54, 1.807) is 18.3 Å². The molecule has 172 valence electrons. The van der Waals surface area contributed by atoms with E-state index in [0.717, 1.165) is 28.3 Å². The van der Waals surface area contributed by atoms with E-state index in [4.69, 9.17) is 0 Å². The summed E-state index contributed by atoms with van der Waals surface area (Å²) in [6, 6.07) is 17.0. The first-order valence-corrected chi connectivity index (χ1v) is 10.7. The molecular formula is C27H15F4N3O. The highest BCUT2D eigenvalue weighted by Crippen LogP contribution is 2.34. The SMILES string of the molecule is O=c1ccc2cnc3ccc(-c4ccc5c(c4)C=NC5)cc3c2n1-c1ccc(F)c(C(F)(F)F)c1. The van der Waals surface area contributed by atoms with Gasteiger partial charge >= 0.3 is 6.18 Å². The predicted octanol–water partition coefficient (Wildman–Crippen LogP) is 6.30. The summed E-state index contributed by atoms with van der Waals surface area (Å²) in [5.41, 5.74) is 2.86. The number of hydrogen-bond donors (Lipinski definition) is 0. The quantitative estimate of drug-likeness (QED) is 0.223. The van der Waals surface area contributed by atoms with Gasteiger partial charge in [-0.2, -0.15) is 13.2 Å². The van der Waals surface area contributed by atoms with Crippen LogP contribution in [-0.2, 0) is 12.7 Å². The van der Waals surface area contributed by atoms with Gasteiger partial charge in [0.15, 0.2) is 0 Å². The minimum atomic E-state index is -4.90. The van der Waals surface area contributed by atoms with E-state index in [2.05, 4.69) is 9.98 Å². The Balaban J connectivity index is 1.64. The van der Waals surface area contributed by atoms with Gasteiger partial charge in [-0.25, -0.2) is 4.39 Å². The molecule has 6 rings (SSSR count). The van der Waals surface area contributed by atoms with Crippen molar-refractivity contribution in [2.24, 2.45) is 4.99 Å². The molecule has 35 heavy (non-hydrogen) atoms. The lowest BCUT2D eigenvalue weighted by atomic mass is 9.98. The van der Waals surface area contributed by atoms with Crippen molar-refractivity contribution >= 4 is 28.0 Å². The molecule has 0 saturated heterocycles. The molecule has 1 aliphatic rings. The second-order valence-corrected chi connectivity index (χ2v) is 8.35. The molecule has 0 saturated carbocycles. The van der Waals surface area contributed by atoms with Crippen LogP contribution in [0.1, 0.15) is 16.7 Å². The van der Waals surface area contributed by atoms with Crippen LogP contribution in [0.25, 0.3) is 38.6 Å². The van der Waals surface area contributed by atoms with Gasteiger partial charge in [0, 0.05) is 29.3 Å². The van der Waals surface area contributed by atoms with Crippen molar-refractivity contribution < 1.29 is 17.6 Å². The Labute approximate surface area is 195 Å². The lowest BCUT2D eigenvalue weighted by molar-refractivity contribution is -0.140. The van der Waals surface area contributed by atoms with Crippen molar-refractivity contribution in [1.82, 2.24) is 9.55 Å². The monoisotopic (exact) mass is 473 g/mol. The molecule has 3 aromatic carbocycles. The minimum Gasteiger partial charge on any atom is -0.288 e. The summed E-state index contributed by atoms with van der Waals surface area (Å²) in [5.74, 6) is -1.40. The molecule has 3 heterocycles. The maximum absolute atomic E-state index is 14.0. The highest BCUT2D eigenvalue weighted by atomic mass is 19.4. The molecule has 0 spiro atoms. The maximum Gasteiger partial charge on any atom is 0.419 e. The molecule has 1 aliphatic heterocycles. The Morgan fingerprint density at radius 2 is 1.69 bits per heavy atom. The zero-order valence-electron chi connectivity index (χ0n) is 18.0. The third-order valence-corrected chi connectivity index (χ3v) is 6.20. The van der Waals surface area contributed by atoms with Crippen LogP contribution in [0.15, 0.2) is 82.7 Å². The third kappa shape index (κ3) is 3.49. The number of hydrogen-bond acceptors (Lipinski definition) is 3. The summed E-state index contributed by atoms with van der Waals surface area (Å²) < 4.78 is 55.3. The Hall–Kier alpha value is -4.33. The summed E-state index contributed by atoms with van der Waals surface area (Å²) in [6.07, 6.45) is -1.52. The largest absolute Gasteiger partial charge is 0.419 e. The summed E-state index contributed by atoms with van der Waals surface area (Å²) in [6.45, 7) is 0.645. The molecular weight excluding hydrogens is 458 g/mol. The summed E-state index contributed by atoms with van der Waals surface area (Å²) in [5, 5.41) is 1.15. The number of alkyl halides is 3. The van der Waals surface area contributed by atoms with Crippen LogP contribution >= 0.6 is 0 Å². The van der Waals surface area contributed by atoms with E-state index in [-0.39, 0.29) is 5.69 Å². The molecule has 0 unspecified atom stereocenters. The number of aliphatic imine (C=N–C) groups is 1. The molecule has 0 fully saturated rings. The van der Waals surface area contributed by atoms with Gasteiger partial charge in [0.2, 0.25) is 0 Å². The third-order valence-electron chi connectivity index (χ3n) is 6.20. The van der Waals surface area contributed by atoms with Crippen molar-refractivity contribution in [3.63, 3.8) is 0 Å². The summed E-state index contributed by atoms with van der Waals surface area (Å²) in [7, 11) is 0. The van der Waals surface area contributed by atoms with Crippen LogP contribution in [0.5, 0.6) is 0 Å². The van der Waals surface area contributed by atoms with Crippen molar-refractivity contribution in [3.05, 3.63) is 106 Å². The number of benzene rings is 3. The molecule has 0 atom stereocenters. The van der Waals surface area contributed by atoms with Crippen LogP contribution in [-0.4, -0.2) is 15.8 Å². The van der Waals surface area contributed by atoms with Crippen LogP contribution in [0, 0.1) is 5.82 Å². The zero-order valence-corrected chi connectivity index (χ0v) is 18.0. The number of aromatic nitrogens is 2. The van der Waals surface area contributed by atoms with Crippen LogP contribution in [0.2, 0.25) is 0 Å². The maximum atomic E-state index is 14.0. The molecule has 5 aromatic rings. The molecule has 0 bridgehead atoms. The van der Waals surface area contributed by atoms with E-state index in [1.165, 1.54) is 16.7 Å². The zero-order chi connectivity index (χ0) is 24.3. The van der Waals surface area contributed by atoms with Crippen LogP contribution < -0.4 is 5.56 Å². The highest BCUT2D eigenvalue weighted by molar-refractivity contribution is 6.05. The van der Waals surface area contributed by atoms with Gasteiger partial charge in [0.05, 0.1) is 28.8 Å². The van der Waals surface area contributed by atoms with Crippen molar-refractivity contribution in [1.29, 1.82) is 0 Å². The van der Waals surface area contributed by atoms with Gasteiger partial charge in [-0.3, -0.25) is 19.3 Å². The van der Waals surface area contributed by atoms with Gasteiger partial charge in [-0.1, -0.05) is 18.2 Å². The molecule has 4 nitrogen and oxygen atoms in total. The van der Waals surface area contributed by atoms with Crippen molar-refractivity contribution in [2.45, 2.75) is 12.7 Å². The first-order chi connectivity index (χ1) is 16.8. The minimum absolute atomic E-state index is 0.0824. The molecule has 0 aliphatic carbocycles. The van der Waals surface area contributed by atoms with Gasteiger partial charge in [0.25, 0.3) is 5.56 Å². The number of rotatable bonds is 2. The van der Waals surface area contributed by atoms with Crippen LogP contribution in [0.3, 0.4) is 0 Å². The Morgan fingerprint density at radius 3 is 2.51 bits per heavy atom. The summed E-state index contributed by atoms with van der Waals surface area (Å²) in [4.78, 5) is 21.7. The van der Waals surface area contributed by atoms with Crippen molar-refractivity contribution in [2.75, 3.05) is 0 Å². The number of fused-ring (bicyclic) bond motifs is 4. The Bertz CT molecular complexity index is 1750. The van der Waals surface area contributed by atoms with E-state index in [1.807, 2.05) is 36.5 Å². The fourth-order valence-corrected chi connectivity index (χ4v) is 4.50. The smallest absolute Gasteiger partial charge is 0.288 e. The predicted molar refractivity (Wildman–Crippen MR) is 127 cm³/mol. The molecule has 8 heteroatoms. The van der Waals surface area contributed by atoms with Gasteiger partial charge < -0.3 is 0 Å².